The molecule has 1 unspecified atom stereocenters. The lowest BCUT2D eigenvalue weighted by Crippen LogP contribution is -2.05. The van der Waals surface area contributed by atoms with Crippen molar-refractivity contribution in [2.45, 2.75) is 19.6 Å². The molecule has 0 aliphatic carbocycles. The molecule has 106 valence electrons. The summed E-state index contributed by atoms with van der Waals surface area (Å²) in [6.07, 6.45) is -0.953. The van der Waals surface area contributed by atoms with Gasteiger partial charge in [0.15, 0.2) is 0 Å². The van der Waals surface area contributed by atoms with Crippen molar-refractivity contribution >= 4 is 0 Å². The molecule has 0 bridgehead atoms. The van der Waals surface area contributed by atoms with Crippen LogP contribution in [-0.4, -0.2) is 5.11 Å². The molecule has 2 aromatic rings. The largest absolute Gasteiger partial charge is 0.488 e. The summed E-state index contributed by atoms with van der Waals surface area (Å²) < 4.78 is 45.3. The van der Waals surface area contributed by atoms with Gasteiger partial charge in [0.25, 0.3) is 0 Å². The Labute approximate surface area is 114 Å². The van der Waals surface area contributed by atoms with Crippen LogP contribution in [0.2, 0.25) is 0 Å². The molecule has 20 heavy (non-hydrogen) atoms. The van der Waals surface area contributed by atoms with Gasteiger partial charge in [-0.3, -0.25) is 0 Å². The molecule has 0 radical (unpaired) electrons. The maximum atomic E-state index is 13.4. The lowest BCUT2D eigenvalue weighted by Gasteiger charge is -2.14. The van der Waals surface area contributed by atoms with Crippen LogP contribution < -0.4 is 4.74 Å². The van der Waals surface area contributed by atoms with Crippen molar-refractivity contribution in [1.29, 1.82) is 0 Å². The summed E-state index contributed by atoms with van der Waals surface area (Å²) in [6, 6.07) is 7.10. The Bertz CT molecular complexity index is 592. The molecule has 2 nitrogen and oxygen atoms in total. The topological polar surface area (TPSA) is 29.5 Å². The lowest BCUT2D eigenvalue weighted by molar-refractivity contribution is 0.189. The Morgan fingerprint density at radius 2 is 1.75 bits per heavy atom. The highest BCUT2D eigenvalue weighted by molar-refractivity contribution is 5.35. The Balaban J connectivity index is 2.23. The Hall–Kier alpha value is -2.01. The van der Waals surface area contributed by atoms with Crippen LogP contribution in [-0.2, 0) is 6.61 Å². The van der Waals surface area contributed by atoms with Crippen molar-refractivity contribution in [3.05, 3.63) is 65.0 Å². The molecule has 2 aromatic carbocycles. The number of aliphatic hydroxyl groups excluding tert-OH is 1. The van der Waals surface area contributed by atoms with Gasteiger partial charge >= 0.3 is 0 Å². The number of rotatable bonds is 4. The van der Waals surface area contributed by atoms with Crippen molar-refractivity contribution in [1.82, 2.24) is 0 Å². The van der Waals surface area contributed by atoms with Crippen LogP contribution in [0.3, 0.4) is 0 Å². The van der Waals surface area contributed by atoms with Crippen LogP contribution in [0.4, 0.5) is 13.2 Å². The van der Waals surface area contributed by atoms with Gasteiger partial charge in [-0.15, -0.1) is 0 Å². The van der Waals surface area contributed by atoms with Crippen molar-refractivity contribution in [2.24, 2.45) is 0 Å². The summed E-state index contributed by atoms with van der Waals surface area (Å²) in [5.74, 6) is -1.77. The van der Waals surface area contributed by atoms with Gasteiger partial charge in [0.2, 0.25) is 0 Å². The maximum absolute atomic E-state index is 13.4. The van der Waals surface area contributed by atoms with Gasteiger partial charge in [-0.25, -0.2) is 13.2 Å². The molecule has 0 saturated carbocycles. The number of hydrogen-bond donors (Lipinski definition) is 1. The summed E-state index contributed by atoms with van der Waals surface area (Å²) in [6.45, 7) is 1.11. The minimum absolute atomic E-state index is 0.184. The van der Waals surface area contributed by atoms with Crippen molar-refractivity contribution in [3.63, 3.8) is 0 Å². The number of hydrogen-bond acceptors (Lipinski definition) is 2. The van der Waals surface area contributed by atoms with Gasteiger partial charge in [-0.2, -0.15) is 0 Å². The normalized spacial score (nSPS) is 12.2. The monoisotopic (exact) mass is 282 g/mol. The van der Waals surface area contributed by atoms with Crippen molar-refractivity contribution < 1.29 is 23.0 Å². The molecule has 0 heterocycles. The third-order valence-electron chi connectivity index (χ3n) is 2.86. The molecular weight excluding hydrogens is 269 g/mol. The van der Waals surface area contributed by atoms with Crippen LogP contribution in [0, 0.1) is 17.5 Å². The third kappa shape index (κ3) is 3.11. The zero-order chi connectivity index (χ0) is 14.7. The Morgan fingerprint density at radius 3 is 2.35 bits per heavy atom. The first-order valence-corrected chi connectivity index (χ1v) is 6.02. The predicted octanol–water partition coefficient (Wildman–Crippen LogP) is 3.74. The Morgan fingerprint density at radius 1 is 1.10 bits per heavy atom. The summed E-state index contributed by atoms with van der Waals surface area (Å²) in [4.78, 5) is 0. The summed E-state index contributed by atoms with van der Waals surface area (Å²) >= 11 is 0. The highest BCUT2D eigenvalue weighted by atomic mass is 19.1. The smallest absolute Gasteiger partial charge is 0.132 e. The first-order valence-electron chi connectivity index (χ1n) is 6.02. The number of aliphatic hydroxyl groups is 1. The number of ether oxygens (including phenoxy) is 1. The SMILES string of the molecule is CC(O)c1cc(F)ccc1OCc1c(F)cccc1F. The van der Waals surface area contributed by atoms with E-state index in [2.05, 4.69) is 0 Å². The van der Waals surface area contributed by atoms with E-state index in [-0.39, 0.29) is 23.5 Å². The number of halogens is 3. The summed E-state index contributed by atoms with van der Waals surface area (Å²) in [7, 11) is 0. The zero-order valence-electron chi connectivity index (χ0n) is 10.7. The van der Waals surface area contributed by atoms with E-state index in [1.165, 1.54) is 19.1 Å². The van der Waals surface area contributed by atoms with Crippen LogP contribution >= 0.6 is 0 Å². The van der Waals surface area contributed by atoms with E-state index in [4.69, 9.17) is 4.74 Å². The minimum Gasteiger partial charge on any atom is -0.488 e. The lowest BCUT2D eigenvalue weighted by atomic mass is 10.1. The molecule has 0 amide bonds. The average molecular weight is 282 g/mol. The summed E-state index contributed by atoms with van der Waals surface area (Å²) in [5.41, 5.74) is 0.00937. The van der Waals surface area contributed by atoms with Crippen molar-refractivity contribution in [3.8, 4) is 5.75 Å². The fraction of sp³-hybridized carbons (Fsp3) is 0.200. The predicted molar refractivity (Wildman–Crippen MR) is 67.7 cm³/mol. The van der Waals surface area contributed by atoms with Crippen LogP contribution in [0.25, 0.3) is 0 Å². The molecule has 2 rings (SSSR count). The van der Waals surface area contributed by atoms with Gasteiger partial charge in [0.05, 0.1) is 11.7 Å². The van der Waals surface area contributed by atoms with E-state index in [9.17, 15) is 18.3 Å². The molecule has 1 atom stereocenters. The van der Waals surface area contributed by atoms with Crippen LogP contribution in [0.15, 0.2) is 36.4 Å². The van der Waals surface area contributed by atoms with E-state index in [1.807, 2.05) is 0 Å². The second kappa shape index (κ2) is 5.96. The molecule has 0 saturated heterocycles. The second-order valence-electron chi connectivity index (χ2n) is 4.35. The Kier molecular flexibility index (Phi) is 4.29. The molecule has 0 spiro atoms. The van der Waals surface area contributed by atoms with Gasteiger partial charge in [-0.05, 0) is 37.3 Å². The standard InChI is InChI=1S/C15H13F3O2/c1-9(19)11-7-10(16)5-6-15(11)20-8-12-13(17)3-2-4-14(12)18/h2-7,9,19H,8H2,1H3. The fourth-order valence-electron chi connectivity index (χ4n) is 1.80. The molecule has 0 aromatic heterocycles. The first-order chi connectivity index (χ1) is 9.49. The molecule has 5 heteroatoms. The molecule has 1 N–H and O–H groups in total. The third-order valence-corrected chi connectivity index (χ3v) is 2.86. The van der Waals surface area contributed by atoms with Gasteiger partial charge in [-0.1, -0.05) is 6.07 Å². The molecule has 0 fully saturated rings. The minimum atomic E-state index is -0.953. The number of benzene rings is 2. The summed E-state index contributed by atoms with van der Waals surface area (Å²) in [5, 5.41) is 9.54. The highest BCUT2D eigenvalue weighted by Gasteiger charge is 2.13. The molecule has 0 aliphatic rings. The molecular formula is C15H13F3O2. The van der Waals surface area contributed by atoms with Crippen LogP contribution in [0.1, 0.15) is 24.2 Å². The van der Waals surface area contributed by atoms with Crippen LogP contribution in [0.5, 0.6) is 5.75 Å². The van der Waals surface area contributed by atoms with E-state index in [1.54, 1.807) is 0 Å². The highest BCUT2D eigenvalue weighted by Crippen LogP contribution is 2.27. The maximum Gasteiger partial charge on any atom is 0.132 e. The van der Waals surface area contributed by atoms with Gasteiger partial charge < -0.3 is 9.84 Å². The van der Waals surface area contributed by atoms with E-state index in [0.717, 1.165) is 24.3 Å². The van der Waals surface area contributed by atoms with Gasteiger partial charge in [0, 0.05) is 5.56 Å². The second-order valence-corrected chi connectivity index (χ2v) is 4.35. The zero-order valence-corrected chi connectivity index (χ0v) is 10.7. The van der Waals surface area contributed by atoms with E-state index >= 15 is 0 Å². The van der Waals surface area contributed by atoms with E-state index in [0.29, 0.717) is 0 Å². The van der Waals surface area contributed by atoms with Crippen molar-refractivity contribution in [2.75, 3.05) is 0 Å². The first kappa shape index (κ1) is 14.4. The average Bonchev–Trinajstić information content (AvgIpc) is 2.39. The van der Waals surface area contributed by atoms with Gasteiger partial charge in [0.1, 0.15) is 29.8 Å². The quantitative estimate of drug-likeness (QED) is 0.925. The van der Waals surface area contributed by atoms with E-state index < -0.39 is 23.6 Å². The fourth-order valence-corrected chi connectivity index (χ4v) is 1.80. The molecule has 0 aliphatic heterocycles.